The maximum Gasteiger partial charge on any atom is 0.127 e. The van der Waals surface area contributed by atoms with Gasteiger partial charge in [-0.3, -0.25) is 0 Å². The Morgan fingerprint density at radius 1 is 1.12 bits per heavy atom. The number of ether oxygens (including phenoxy) is 2. The van der Waals surface area contributed by atoms with Gasteiger partial charge in [-0.15, -0.1) is 6.58 Å². The average molecular weight is 336 g/mol. The van der Waals surface area contributed by atoms with E-state index in [1.165, 1.54) is 27.8 Å². The molecule has 0 radical (unpaired) electrons. The van der Waals surface area contributed by atoms with Gasteiger partial charge in [-0.05, 0) is 62.8 Å². The lowest BCUT2D eigenvalue weighted by atomic mass is 9.85. The molecule has 0 saturated heterocycles. The molecule has 0 aliphatic carbocycles. The van der Waals surface area contributed by atoms with Crippen LogP contribution in [0.15, 0.2) is 43.0 Å². The summed E-state index contributed by atoms with van der Waals surface area (Å²) in [5.74, 6) is 2.06. The van der Waals surface area contributed by atoms with Crippen molar-refractivity contribution in [2.45, 2.75) is 59.2 Å². The molecule has 25 heavy (non-hydrogen) atoms. The predicted octanol–water partition coefficient (Wildman–Crippen LogP) is 5.85. The van der Waals surface area contributed by atoms with E-state index in [0.29, 0.717) is 6.61 Å². The summed E-state index contributed by atoms with van der Waals surface area (Å²) in [6.07, 6.45) is 4.86. The van der Waals surface area contributed by atoms with Crippen molar-refractivity contribution in [2.24, 2.45) is 0 Å². The molecular formula is C23H28O2. The van der Waals surface area contributed by atoms with E-state index in [2.05, 4.69) is 46.4 Å². The molecule has 0 N–H and O–H groups in total. The third-order valence-corrected chi connectivity index (χ3v) is 5.37. The van der Waals surface area contributed by atoms with Crippen LogP contribution in [0.3, 0.4) is 0 Å². The summed E-state index contributed by atoms with van der Waals surface area (Å²) in [5.41, 5.74) is 5.92. The molecule has 1 aliphatic heterocycles. The summed E-state index contributed by atoms with van der Waals surface area (Å²) >= 11 is 0. The highest BCUT2D eigenvalue weighted by molar-refractivity contribution is 5.59. The number of fused-ring (bicyclic) bond motifs is 1. The molecule has 132 valence electrons. The van der Waals surface area contributed by atoms with Gasteiger partial charge in [0.2, 0.25) is 0 Å². The molecule has 0 saturated carbocycles. The summed E-state index contributed by atoms with van der Waals surface area (Å²) in [4.78, 5) is 0. The molecule has 0 unspecified atom stereocenters. The standard InChI is InChI=1S/C23H28O2/c1-6-13-23(5)14-12-20-18(4)21(16(2)17(3)22(20)25-23)24-15-19-10-8-7-9-11-19/h6-11H,1,12-15H2,2-5H3/t23-/m0/s1. The van der Waals surface area contributed by atoms with Gasteiger partial charge in [0.05, 0.1) is 0 Å². The number of hydrogen-bond acceptors (Lipinski definition) is 2. The molecule has 1 aliphatic rings. The Hall–Kier alpha value is -2.22. The van der Waals surface area contributed by atoms with Gasteiger partial charge >= 0.3 is 0 Å². The maximum absolute atomic E-state index is 6.44. The van der Waals surface area contributed by atoms with Gasteiger partial charge in [0, 0.05) is 12.0 Å². The van der Waals surface area contributed by atoms with E-state index in [4.69, 9.17) is 9.47 Å². The Balaban J connectivity index is 1.92. The molecule has 2 aromatic rings. The van der Waals surface area contributed by atoms with E-state index < -0.39 is 0 Å². The highest BCUT2D eigenvalue weighted by atomic mass is 16.5. The van der Waals surface area contributed by atoms with Gasteiger partial charge in [-0.2, -0.15) is 0 Å². The minimum absolute atomic E-state index is 0.148. The number of benzene rings is 2. The topological polar surface area (TPSA) is 18.5 Å². The third kappa shape index (κ3) is 3.44. The van der Waals surface area contributed by atoms with Gasteiger partial charge in [-0.1, -0.05) is 36.4 Å². The second-order valence-electron chi connectivity index (χ2n) is 7.33. The van der Waals surface area contributed by atoms with Gasteiger partial charge in [0.1, 0.15) is 23.7 Å². The van der Waals surface area contributed by atoms with E-state index in [9.17, 15) is 0 Å². The third-order valence-electron chi connectivity index (χ3n) is 5.37. The lowest BCUT2D eigenvalue weighted by Crippen LogP contribution is -2.36. The summed E-state index contributed by atoms with van der Waals surface area (Å²) in [6.45, 7) is 13.1. The van der Waals surface area contributed by atoms with Crippen LogP contribution in [0.2, 0.25) is 0 Å². The minimum atomic E-state index is -0.148. The van der Waals surface area contributed by atoms with Crippen molar-refractivity contribution in [1.82, 2.24) is 0 Å². The largest absolute Gasteiger partial charge is 0.488 e. The highest BCUT2D eigenvalue weighted by Crippen LogP contribution is 2.44. The quantitative estimate of drug-likeness (QED) is 0.638. The first-order valence-electron chi connectivity index (χ1n) is 9.04. The zero-order chi connectivity index (χ0) is 18.0. The molecule has 0 spiro atoms. The molecule has 1 heterocycles. The van der Waals surface area contributed by atoms with Crippen LogP contribution in [0.25, 0.3) is 0 Å². The van der Waals surface area contributed by atoms with Crippen LogP contribution in [0, 0.1) is 20.8 Å². The van der Waals surface area contributed by atoms with Crippen LogP contribution < -0.4 is 9.47 Å². The smallest absolute Gasteiger partial charge is 0.127 e. The zero-order valence-electron chi connectivity index (χ0n) is 15.8. The van der Waals surface area contributed by atoms with E-state index in [1.54, 1.807) is 0 Å². The first-order chi connectivity index (χ1) is 11.9. The summed E-state index contributed by atoms with van der Waals surface area (Å²) in [5, 5.41) is 0. The highest BCUT2D eigenvalue weighted by Gasteiger charge is 2.33. The Morgan fingerprint density at radius 2 is 1.84 bits per heavy atom. The Morgan fingerprint density at radius 3 is 2.52 bits per heavy atom. The number of rotatable bonds is 5. The Kier molecular flexibility index (Phi) is 4.89. The SMILES string of the molecule is C=CC[C@@]1(C)CCc2c(C)c(OCc3ccccc3)c(C)c(C)c2O1. The molecule has 0 amide bonds. The van der Waals surface area contributed by atoms with Crippen molar-refractivity contribution >= 4 is 0 Å². The molecule has 2 heteroatoms. The van der Waals surface area contributed by atoms with Gasteiger partial charge in [-0.25, -0.2) is 0 Å². The van der Waals surface area contributed by atoms with Gasteiger partial charge in [0.15, 0.2) is 0 Å². The molecular weight excluding hydrogens is 308 g/mol. The molecule has 0 aromatic heterocycles. The summed E-state index contributed by atoms with van der Waals surface area (Å²) < 4.78 is 12.7. The van der Waals surface area contributed by atoms with E-state index in [-0.39, 0.29) is 5.60 Å². The van der Waals surface area contributed by atoms with Crippen molar-refractivity contribution in [2.75, 3.05) is 0 Å². The lowest BCUT2D eigenvalue weighted by Gasteiger charge is -2.37. The van der Waals surface area contributed by atoms with Crippen molar-refractivity contribution in [3.05, 3.63) is 70.8 Å². The van der Waals surface area contributed by atoms with Gasteiger partial charge < -0.3 is 9.47 Å². The second kappa shape index (κ2) is 6.95. The molecule has 2 aromatic carbocycles. The van der Waals surface area contributed by atoms with Crippen molar-refractivity contribution in [3.8, 4) is 11.5 Å². The van der Waals surface area contributed by atoms with Crippen molar-refractivity contribution in [1.29, 1.82) is 0 Å². The lowest BCUT2D eigenvalue weighted by molar-refractivity contribution is 0.0667. The zero-order valence-corrected chi connectivity index (χ0v) is 15.8. The Labute approximate surface area is 151 Å². The maximum atomic E-state index is 6.44. The first kappa shape index (κ1) is 17.6. The average Bonchev–Trinajstić information content (AvgIpc) is 2.60. The second-order valence-corrected chi connectivity index (χ2v) is 7.33. The predicted molar refractivity (Wildman–Crippen MR) is 104 cm³/mol. The fourth-order valence-corrected chi connectivity index (χ4v) is 3.68. The van der Waals surface area contributed by atoms with Crippen LogP contribution in [0.1, 0.15) is 47.6 Å². The first-order valence-corrected chi connectivity index (χ1v) is 9.04. The van der Waals surface area contributed by atoms with Crippen LogP contribution in [-0.2, 0) is 13.0 Å². The normalized spacial score (nSPS) is 19.0. The van der Waals surface area contributed by atoms with Crippen molar-refractivity contribution < 1.29 is 9.47 Å². The number of hydrogen-bond donors (Lipinski definition) is 0. The molecule has 3 rings (SSSR count). The van der Waals surface area contributed by atoms with Crippen LogP contribution in [0.4, 0.5) is 0 Å². The monoisotopic (exact) mass is 336 g/mol. The van der Waals surface area contributed by atoms with Crippen LogP contribution >= 0.6 is 0 Å². The van der Waals surface area contributed by atoms with Crippen LogP contribution in [0.5, 0.6) is 11.5 Å². The Bertz CT molecular complexity index is 777. The molecule has 0 bridgehead atoms. The van der Waals surface area contributed by atoms with E-state index in [1.807, 2.05) is 24.3 Å². The van der Waals surface area contributed by atoms with E-state index >= 15 is 0 Å². The summed E-state index contributed by atoms with van der Waals surface area (Å²) in [7, 11) is 0. The van der Waals surface area contributed by atoms with Crippen molar-refractivity contribution in [3.63, 3.8) is 0 Å². The fraction of sp³-hybridized carbons (Fsp3) is 0.391. The molecule has 1 atom stereocenters. The van der Waals surface area contributed by atoms with Crippen LogP contribution in [-0.4, -0.2) is 5.60 Å². The van der Waals surface area contributed by atoms with Gasteiger partial charge in [0.25, 0.3) is 0 Å². The molecule has 0 fully saturated rings. The molecule has 2 nitrogen and oxygen atoms in total. The fourth-order valence-electron chi connectivity index (χ4n) is 3.68. The summed E-state index contributed by atoms with van der Waals surface area (Å²) in [6, 6.07) is 10.3. The van der Waals surface area contributed by atoms with E-state index in [0.717, 1.165) is 30.8 Å². The minimum Gasteiger partial charge on any atom is -0.488 e.